The summed E-state index contributed by atoms with van der Waals surface area (Å²) in [5.41, 5.74) is 0.747. The molecule has 0 fully saturated rings. The highest BCUT2D eigenvalue weighted by Gasteiger charge is 2.21. The Morgan fingerprint density at radius 1 is 1.57 bits per heavy atom. The van der Waals surface area contributed by atoms with Crippen LogP contribution in [0.5, 0.6) is 0 Å². The number of thiophene rings is 1. The second kappa shape index (κ2) is 4.65. The smallest absolute Gasteiger partial charge is 0.160 e. The highest BCUT2D eigenvalue weighted by atomic mass is 32.1. The minimum absolute atomic E-state index is 0.502. The van der Waals surface area contributed by atoms with Crippen LogP contribution in [0.25, 0.3) is 0 Å². The SMILES string of the molecule is Cc1cc(C=O)sc1C(O)C(O)CO. The van der Waals surface area contributed by atoms with Crippen molar-refractivity contribution in [2.24, 2.45) is 0 Å². The fourth-order valence-electron chi connectivity index (χ4n) is 1.15. The summed E-state index contributed by atoms with van der Waals surface area (Å²) in [5, 5.41) is 27.4. The Morgan fingerprint density at radius 2 is 2.21 bits per heavy atom. The van der Waals surface area contributed by atoms with Gasteiger partial charge in [-0.15, -0.1) is 11.3 Å². The Labute approximate surface area is 85.4 Å². The molecule has 5 heteroatoms. The maximum Gasteiger partial charge on any atom is 0.160 e. The minimum atomic E-state index is -1.20. The molecule has 1 heterocycles. The zero-order chi connectivity index (χ0) is 10.7. The van der Waals surface area contributed by atoms with Gasteiger partial charge in [0.15, 0.2) is 6.29 Å². The molecule has 2 atom stereocenters. The third-order valence-electron chi connectivity index (χ3n) is 1.91. The Hall–Kier alpha value is -0.750. The third-order valence-corrected chi connectivity index (χ3v) is 3.14. The van der Waals surface area contributed by atoms with Gasteiger partial charge < -0.3 is 15.3 Å². The molecule has 2 unspecified atom stereocenters. The third kappa shape index (κ3) is 2.19. The first-order valence-electron chi connectivity index (χ1n) is 4.12. The van der Waals surface area contributed by atoms with Gasteiger partial charge in [-0.2, -0.15) is 0 Å². The van der Waals surface area contributed by atoms with Crippen LogP contribution in [0.4, 0.5) is 0 Å². The molecule has 14 heavy (non-hydrogen) atoms. The van der Waals surface area contributed by atoms with Crippen LogP contribution >= 0.6 is 11.3 Å². The molecular formula is C9H12O4S. The van der Waals surface area contributed by atoms with Crippen molar-refractivity contribution < 1.29 is 20.1 Å². The van der Waals surface area contributed by atoms with Gasteiger partial charge in [0, 0.05) is 4.88 Å². The molecule has 1 aromatic heterocycles. The Morgan fingerprint density at radius 3 is 2.64 bits per heavy atom. The number of hydrogen-bond donors (Lipinski definition) is 3. The van der Waals surface area contributed by atoms with Crippen molar-refractivity contribution in [2.75, 3.05) is 6.61 Å². The van der Waals surface area contributed by atoms with Gasteiger partial charge in [0.25, 0.3) is 0 Å². The summed E-state index contributed by atoms with van der Waals surface area (Å²) in [4.78, 5) is 11.5. The average Bonchev–Trinajstić information content (AvgIpc) is 2.57. The Kier molecular flexibility index (Phi) is 3.77. The summed E-state index contributed by atoms with van der Waals surface area (Å²) < 4.78 is 0. The van der Waals surface area contributed by atoms with Gasteiger partial charge in [0.1, 0.15) is 12.2 Å². The number of carbonyl (C=O) groups excluding carboxylic acids is 1. The summed E-state index contributed by atoms with van der Waals surface area (Å²) in [6.07, 6.45) is -1.63. The van der Waals surface area contributed by atoms with E-state index in [1.165, 1.54) is 0 Å². The zero-order valence-corrected chi connectivity index (χ0v) is 8.49. The zero-order valence-electron chi connectivity index (χ0n) is 7.67. The number of carbonyl (C=O) groups is 1. The molecule has 0 aliphatic carbocycles. The normalized spacial score (nSPS) is 15.1. The second-order valence-corrected chi connectivity index (χ2v) is 4.12. The Balaban J connectivity index is 2.94. The number of rotatable bonds is 4. The van der Waals surface area contributed by atoms with E-state index in [-0.39, 0.29) is 0 Å². The van der Waals surface area contributed by atoms with E-state index in [1.807, 2.05) is 0 Å². The van der Waals surface area contributed by atoms with Crippen molar-refractivity contribution in [1.29, 1.82) is 0 Å². The lowest BCUT2D eigenvalue weighted by atomic mass is 10.1. The van der Waals surface area contributed by atoms with Crippen LogP contribution in [0.15, 0.2) is 6.07 Å². The van der Waals surface area contributed by atoms with Gasteiger partial charge in [-0.25, -0.2) is 0 Å². The molecule has 0 aromatic carbocycles. The van der Waals surface area contributed by atoms with E-state index in [4.69, 9.17) is 5.11 Å². The van der Waals surface area contributed by atoms with Crippen LogP contribution in [-0.2, 0) is 0 Å². The number of aliphatic hydroxyl groups excluding tert-OH is 3. The minimum Gasteiger partial charge on any atom is -0.394 e. The summed E-state index contributed by atoms with van der Waals surface area (Å²) in [6.45, 7) is 1.24. The molecule has 0 aliphatic heterocycles. The first kappa shape index (κ1) is 11.3. The van der Waals surface area contributed by atoms with Gasteiger partial charge >= 0.3 is 0 Å². The molecule has 0 saturated heterocycles. The molecule has 0 spiro atoms. The van der Waals surface area contributed by atoms with Crippen molar-refractivity contribution >= 4 is 17.6 Å². The van der Waals surface area contributed by atoms with Crippen molar-refractivity contribution in [2.45, 2.75) is 19.1 Å². The van der Waals surface area contributed by atoms with Crippen LogP contribution in [-0.4, -0.2) is 34.3 Å². The van der Waals surface area contributed by atoms with Crippen LogP contribution in [0.1, 0.15) is 26.2 Å². The quantitative estimate of drug-likeness (QED) is 0.631. The molecule has 0 aliphatic rings. The van der Waals surface area contributed by atoms with Crippen LogP contribution < -0.4 is 0 Å². The number of aliphatic hydroxyl groups is 3. The summed E-state index contributed by atoms with van der Waals surface area (Å²) in [5.74, 6) is 0. The topological polar surface area (TPSA) is 77.8 Å². The monoisotopic (exact) mass is 216 g/mol. The first-order chi connectivity index (χ1) is 6.60. The molecule has 0 amide bonds. The fraction of sp³-hybridized carbons (Fsp3) is 0.444. The largest absolute Gasteiger partial charge is 0.394 e. The van der Waals surface area contributed by atoms with E-state index in [2.05, 4.69) is 0 Å². The molecule has 1 rings (SSSR count). The van der Waals surface area contributed by atoms with Crippen molar-refractivity contribution in [3.05, 3.63) is 21.4 Å². The molecule has 3 N–H and O–H groups in total. The van der Waals surface area contributed by atoms with Crippen LogP contribution in [0, 0.1) is 6.92 Å². The van der Waals surface area contributed by atoms with Crippen LogP contribution in [0.2, 0.25) is 0 Å². The molecule has 1 aromatic rings. The number of hydrogen-bond acceptors (Lipinski definition) is 5. The van der Waals surface area contributed by atoms with Crippen molar-refractivity contribution in [3.63, 3.8) is 0 Å². The lowest BCUT2D eigenvalue weighted by Gasteiger charge is -2.14. The highest BCUT2D eigenvalue weighted by Crippen LogP contribution is 2.28. The van der Waals surface area contributed by atoms with E-state index in [9.17, 15) is 15.0 Å². The molecule has 4 nitrogen and oxygen atoms in total. The van der Waals surface area contributed by atoms with E-state index in [1.54, 1.807) is 13.0 Å². The molecule has 78 valence electrons. The number of aldehydes is 1. The average molecular weight is 216 g/mol. The van der Waals surface area contributed by atoms with E-state index < -0.39 is 18.8 Å². The van der Waals surface area contributed by atoms with E-state index in [0.717, 1.165) is 16.9 Å². The van der Waals surface area contributed by atoms with Gasteiger partial charge in [-0.1, -0.05) is 0 Å². The maximum absolute atomic E-state index is 10.5. The van der Waals surface area contributed by atoms with E-state index >= 15 is 0 Å². The van der Waals surface area contributed by atoms with Crippen LogP contribution in [0.3, 0.4) is 0 Å². The molecule has 0 bridgehead atoms. The van der Waals surface area contributed by atoms with Gasteiger partial charge in [0.05, 0.1) is 11.5 Å². The van der Waals surface area contributed by atoms with Gasteiger partial charge in [0.2, 0.25) is 0 Å². The first-order valence-corrected chi connectivity index (χ1v) is 4.94. The maximum atomic E-state index is 10.5. The summed E-state index contributed by atoms with van der Waals surface area (Å²) in [6, 6.07) is 1.64. The fourth-order valence-corrected chi connectivity index (χ4v) is 2.18. The lowest BCUT2D eigenvalue weighted by Crippen LogP contribution is -2.21. The summed E-state index contributed by atoms with van der Waals surface area (Å²) >= 11 is 1.12. The Bertz CT molecular complexity index is 321. The van der Waals surface area contributed by atoms with Crippen molar-refractivity contribution in [1.82, 2.24) is 0 Å². The number of aryl methyl sites for hydroxylation is 1. The summed E-state index contributed by atoms with van der Waals surface area (Å²) in [7, 11) is 0. The standard InChI is InChI=1S/C9H12O4S/c1-5-2-6(3-10)14-9(5)8(13)7(12)4-11/h2-3,7-8,11-13H,4H2,1H3. The lowest BCUT2D eigenvalue weighted by molar-refractivity contribution is -0.0137. The molecular weight excluding hydrogens is 204 g/mol. The highest BCUT2D eigenvalue weighted by molar-refractivity contribution is 7.13. The van der Waals surface area contributed by atoms with Gasteiger partial charge in [-0.3, -0.25) is 4.79 Å². The predicted octanol–water partition coefficient (Wildman–Crippen LogP) is 0.256. The van der Waals surface area contributed by atoms with Crippen molar-refractivity contribution in [3.8, 4) is 0 Å². The molecule has 0 radical (unpaired) electrons. The second-order valence-electron chi connectivity index (χ2n) is 3.01. The van der Waals surface area contributed by atoms with E-state index in [0.29, 0.717) is 16.0 Å². The van der Waals surface area contributed by atoms with Gasteiger partial charge in [-0.05, 0) is 18.6 Å². The molecule has 0 saturated carbocycles. The predicted molar refractivity (Wildman–Crippen MR) is 52.5 cm³/mol.